The molecule has 0 fully saturated rings. The SMILES string of the molecule is [B]O/N=C(\C#CCCCC)c1ccccc1. The van der Waals surface area contributed by atoms with Gasteiger partial charge in [0.05, 0.1) is 0 Å². The summed E-state index contributed by atoms with van der Waals surface area (Å²) in [5.74, 6) is 6.02. The van der Waals surface area contributed by atoms with E-state index in [2.05, 4.69) is 28.7 Å². The predicted octanol–water partition coefficient (Wildman–Crippen LogP) is 2.68. The highest BCUT2D eigenvalue weighted by molar-refractivity contribution is 6.13. The minimum absolute atomic E-state index is 0.569. The Morgan fingerprint density at radius 2 is 2.12 bits per heavy atom. The molecule has 1 rings (SSSR count). The van der Waals surface area contributed by atoms with Crippen LogP contribution in [-0.2, 0) is 4.76 Å². The zero-order chi connectivity index (χ0) is 11.6. The average Bonchev–Trinajstić information content (AvgIpc) is 2.34. The third-order valence-corrected chi connectivity index (χ3v) is 2.05. The van der Waals surface area contributed by atoms with Crippen molar-refractivity contribution < 1.29 is 4.76 Å². The van der Waals surface area contributed by atoms with E-state index in [9.17, 15) is 0 Å². The average molecular weight is 211 g/mol. The Hall–Kier alpha value is -1.69. The van der Waals surface area contributed by atoms with Crippen LogP contribution in [0, 0.1) is 11.8 Å². The summed E-state index contributed by atoms with van der Waals surface area (Å²) in [5.41, 5.74) is 1.48. The molecule has 0 bridgehead atoms. The molecule has 0 aliphatic carbocycles. The first kappa shape index (κ1) is 12.4. The van der Waals surface area contributed by atoms with Crippen molar-refractivity contribution >= 4 is 13.8 Å². The standard InChI is InChI=1S/C13H14BNO/c1-2-3-4-8-11-13(15-16-14)12-9-6-5-7-10-12/h5-7,9-10H,2-4H2,1H3/b15-13+. The molecule has 0 saturated carbocycles. The fourth-order valence-corrected chi connectivity index (χ4v) is 1.21. The van der Waals surface area contributed by atoms with E-state index in [-0.39, 0.29) is 0 Å². The Bertz CT molecular complexity index is 389. The minimum atomic E-state index is 0.569. The van der Waals surface area contributed by atoms with Crippen molar-refractivity contribution in [3.05, 3.63) is 35.9 Å². The number of hydrogen-bond donors (Lipinski definition) is 0. The van der Waals surface area contributed by atoms with Gasteiger partial charge in [0.1, 0.15) is 0 Å². The normalized spacial score (nSPS) is 10.4. The number of rotatable bonds is 4. The topological polar surface area (TPSA) is 21.6 Å². The lowest BCUT2D eigenvalue weighted by Gasteiger charge is -1.97. The number of oxime groups is 1. The van der Waals surface area contributed by atoms with E-state index < -0.39 is 0 Å². The van der Waals surface area contributed by atoms with Gasteiger partial charge >= 0.3 is 8.05 Å². The predicted molar refractivity (Wildman–Crippen MR) is 67.1 cm³/mol. The highest BCUT2D eigenvalue weighted by Crippen LogP contribution is 2.01. The lowest BCUT2D eigenvalue weighted by molar-refractivity contribution is 0.379. The van der Waals surface area contributed by atoms with Gasteiger partial charge < -0.3 is 4.76 Å². The quantitative estimate of drug-likeness (QED) is 0.246. The second kappa shape index (κ2) is 7.59. The van der Waals surface area contributed by atoms with Crippen LogP contribution in [0.1, 0.15) is 31.7 Å². The van der Waals surface area contributed by atoms with Crippen LogP contribution in [0.15, 0.2) is 35.5 Å². The molecule has 1 aromatic carbocycles. The van der Waals surface area contributed by atoms with Gasteiger partial charge in [0.15, 0.2) is 5.71 Å². The first-order valence-electron chi connectivity index (χ1n) is 5.36. The van der Waals surface area contributed by atoms with E-state index in [4.69, 9.17) is 8.05 Å². The third-order valence-electron chi connectivity index (χ3n) is 2.05. The number of nitrogens with zero attached hydrogens (tertiary/aromatic N) is 1. The summed E-state index contributed by atoms with van der Waals surface area (Å²) < 4.78 is 4.30. The molecule has 0 unspecified atom stereocenters. The van der Waals surface area contributed by atoms with Gasteiger partial charge in [-0.1, -0.05) is 54.8 Å². The molecule has 2 nitrogen and oxygen atoms in total. The lowest BCUT2D eigenvalue weighted by atomic mass is 10.1. The molecule has 0 N–H and O–H groups in total. The van der Waals surface area contributed by atoms with E-state index in [1.165, 1.54) is 0 Å². The van der Waals surface area contributed by atoms with Crippen LogP contribution in [0.2, 0.25) is 0 Å². The number of benzene rings is 1. The summed E-state index contributed by atoms with van der Waals surface area (Å²) in [5, 5.41) is 3.71. The summed E-state index contributed by atoms with van der Waals surface area (Å²) in [7, 11) is 4.94. The zero-order valence-corrected chi connectivity index (χ0v) is 9.44. The molecule has 80 valence electrons. The van der Waals surface area contributed by atoms with E-state index in [1.807, 2.05) is 30.3 Å². The maximum Gasteiger partial charge on any atom is 0.420 e. The zero-order valence-electron chi connectivity index (χ0n) is 9.44. The Morgan fingerprint density at radius 1 is 1.38 bits per heavy atom. The Balaban J connectivity index is 2.76. The van der Waals surface area contributed by atoms with Crippen LogP contribution in [0.3, 0.4) is 0 Å². The Labute approximate surface area is 98.1 Å². The van der Waals surface area contributed by atoms with Gasteiger partial charge in [0.25, 0.3) is 0 Å². The highest BCUT2D eigenvalue weighted by atomic mass is 16.6. The monoisotopic (exact) mass is 211 g/mol. The van der Waals surface area contributed by atoms with Gasteiger partial charge in [-0.2, -0.15) is 0 Å². The van der Waals surface area contributed by atoms with Crippen molar-refractivity contribution in [1.29, 1.82) is 0 Å². The summed E-state index contributed by atoms with van der Waals surface area (Å²) >= 11 is 0. The molecule has 0 aromatic heterocycles. The molecule has 3 heteroatoms. The van der Waals surface area contributed by atoms with Crippen LogP contribution in [0.4, 0.5) is 0 Å². The fourth-order valence-electron chi connectivity index (χ4n) is 1.21. The van der Waals surface area contributed by atoms with Crippen LogP contribution in [-0.4, -0.2) is 13.8 Å². The van der Waals surface area contributed by atoms with E-state index in [0.29, 0.717) is 5.71 Å². The lowest BCUT2D eigenvalue weighted by Crippen LogP contribution is -1.98. The van der Waals surface area contributed by atoms with E-state index in [1.54, 1.807) is 0 Å². The maximum atomic E-state index is 4.94. The molecule has 0 saturated heterocycles. The summed E-state index contributed by atoms with van der Waals surface area (Å²) in [6.45, 7) is 2.14. The second-order valence-electron chi connectivity index (χ2n) is 3.32. The molecule has 0 atom stereocenters. The molecule has 2 radical (unpaired) electrons. The molecule has 16 heavy (non-hydrogen) atoms. The van der Waals surface area contributed by atoms with Crippen molar-refractivity contribution in [3.63, 3.8) is 0 Å². The van der Waals surface area contributed by atoms with Crippen molar-refractivity contribution in [3.8, 4) is 11.8 Å². The highest BCUT2D eigenvalue weighted by Gasteiger charge is 1.98. The van der Waals surface area contributed by atoms with Crippen LogP contribution >= 0.6 is 0 Å². The van der Waals surface area contributed by atoms with Gasteiger partial charge in [-0.25, -0.2) is 0 Å². The van der Waals surface area contributed by atoms with Crippen LogP contribution in [0.25, 0.3) is 0 Å². The Morgan fingerprint density at radius 3 is 2.75 bits per heavy atom. The molecule has 0 spiro atoms. The third kappa shape index (κ3) is 4.23. The maximum absolute atomic E-state index is 4.94. The first-order valence-corrected chi connectivity index (χ1v) is 5.36. The fraction of sp³-hybridized carbons (Fsp3) is 0.308. The van der Waals surface area contributed by atoms with Gasteiger partial charge in [-0.3, -0.25) is 0 Å². The van der Waals surface area contributed by atoms with Crippen LogP contribution in [0.5, 0.6) is 0 Å². The van der Waals surface area contributed by atoms with Gasteiger partial charge in [-0.05, 0) is 12.3 Å². The van der Waals surface area contributed by atoms with Crippen molar-refractivity contribution in [2.24, 2.45) is 5.16 Å². The summed E-state index contributed by atoms with van der Waals surface area (Å²) in [6, 6.07) is 9.64. The van der Waals surface area contributed by atoms with Gasteiger partial charge in [0.2, 0.25) is 0 Å². The number of hydrogen-bond acceptors (Lipinski definition) is 2. The molecule has 0 amide bonds. The first-order chi connectivity index (χ1) is 7.88. The van der Waals surface area contributed by atoms with Crippen molar-refractivity contribution in [2.75, 3.05) is 0 Å². The molecule has 0 aliphatic rings. The minimum Gasteiger partial charge on any atom is -0.480 e. The molecule has 1 aromatic rings. The van der Waals surface area contributed by atoms with E-state index in [0.717, 1.165) is 24.8 Å². The second-order valence-corrected chi connectivity index (χ2v) is 3.32. The molecular formula is C13H14BNO. The number of unbranched alkanes of at least 4 members (excludes halogenated alkanes) is 2. The van der Waals surface area contributed by atoms with Gasteiger partial charge in [-0.15, -0.1) is 0 Å². The van der Waals surface area contributed by atoms with Crippen molar-refractivity contribution in [2.45, 2.75) is 26.2 Å². The molecule has 0 heterocycles. The molecular weight excluding hydrogens is 197 g/mol. The van der Waals surface area contributed by atoms with Gasteiger partial charge in [0, 0.05) is 12.0 Å². The van der Waals surface area contributed by atoms with Crippen molar-refractivity contribution in [1.82, 2.24) is 0 Å². The largest absolute Gasteiger partial charge is 0.480 e. The van der Waals surface area contributed by atoms with E-state index >= 15 is 0 Å². The summed E-state index contributed by atoms with van der Waals surface area (Å²) in [4.78, 5) is 0. The molecule has 0 aliphatic heterocycles. The summed E-state index contributed by atoms with van der Waals surface area (Å²) in [6.07, 6.45) is 3.10. The Kier molecular flexibility index (Phi) is 5.87. The smallest absolute Gasteiger partial charge is 0.420 e. The van der Waals surface area contributed by atoms with Crippen LogP contribution < -0.4 is 0 Å².